The molecule has 2 fully saturated rings. The van der Waals surface area contributed by atoms with E-state index in [2.05, 4.69) is 9.38 Å². The van der Waals surface area contributed by atoms with E-state index in [4.69, 9.17) is 9.47 Å². The largest absolute Gasteiger partial charge is 0.496 e. The molecule has 1 saturated carbocycles. The third-order valence-corrected chi connectivity index (χ3v) is 6.47. The van der Waals surface area contributed by atoms with E-state index in [0.29, 0.717) is 42.6 Å². The standard InChI is InChI=1S/C21H27N3O5S/c1-14-9-10-22-21-20(14)15-5-7-16(8-6-15)28-12-18-17(23-30(2,26)27)4-3-11-24(18)19(25)13-29-21/h9-10,12,15-16H,3-8,11,13H2,1-2H3/b18-12-,23-17+. The number of ether oxygens (including phenoxy) is 2. The maximum Gasteiger partial charge on any atom is 0.265 e. The molecule has 4 aliphatic rings. The summed E-state index contributed by atoms with van der Waals surface area (Å²) in [4.78, 5) is 18.9. The molecule has 0 atom stereocenters. The van der Waals surface area contributed by atoms with Crippen LogP contribution in [0.25, 0.3) is 0 Å². The molecule has 4 heterocycles. The van der Waals surface area contributed by atoms with Crippen molar-refractivity contribution in [1.29, 1.82) is 0 Å². The molecule has 0 N–H and O–H groups in total. The van der Waals surface area contributed by atoms with Crippen molar-refractivity contribution in [2.45, 2.75) is 57.5 Å². The smallest absolute Gasteiger partial charge is 0.265 e. The number of allylic oxidation sites excluding steroid dienone is 1. The Morgan fingerprint density at radius 1 is 1.23 bits per heavy atom. The normalized spacial score (nSPS) is 28.1. The lowest BCUT2D eigenvalue weighted by Crippen LogP contribution is -2.41. The van der Waals surface area contributed by atoms with Gasteiger partial charge in [0.15, 0.2) is 6.61 Å². The number of aryl methyl sites for hydroxylation is 1. The van der Waals surface area contributed by atoms with Gasteiger partial charge in [0, 0.05) is 18.3 Å². The number of sulfonamides is 1. The Morgan fingerprint density at radius 2 is 2.00 bits per heavy atom. The zero-order valence-electron chi connectivity index (χ0n) is 17.3. The van der Waals surface area contributed by atoms with Crippen molar-refractivity contribution < 1.29 is 22.7 Å². The van der Waals surface area contributed by atoms with Crippen molar-refractivity contribution >= 4 is 21.6 Å². The highest BCUT2D eigenvalue weighted by Gasteiger charge is 2.32. The predicted octanol–water partition coefficient (Wildman–Crippen LogP) is 2.69. The molecule has 2 bridgehead atoms. The van der Waals surface area contributed by atoms with Crippen LogP contribution < -0.4 is 4.74 Å². The molecule has 9 heteroatoms. The van der Waals surface area contributed by atoms with E-state index in [0.717, 1.165) is 43.1 Å². The van der Waals surface area contributed by atoms with Crippen LogP contribution in [-0.2, 0) is 19.6 Å². The first-order valence-electron chi connectivity index (χ1n) is 10.4. The van der Waals surface area contributed by atoms with Gasteiger partial charge in [-0.15, -0.1) is 0 Å². The molecular weight excluding hydrogens is 406 g/mol. The minimum atomic E-state index is -3.59. The number of piperidine rings is 1. The third-order valence-electron chi connectivity index (χ3n) is 5.92. The van der Waals surface area contributed by atoms with Gasteiger partial charge in [-0.1, -0.05) is 0 Å². The van der Waals surface area contributed by atoms with Gasteiger partial charge in [0.2, 0.25) is 5.88 Å². The summed E-state index contributed by atoms with van der Waals surface area (Å²) in [7, 11) is -3.59. The molecule has 30 heavy (non-hydrogen) atoms. The molecule has 8 nitrogen and oxygen atoms in total. The van der Waals surface area contributed by atoms with Crippen LogP contribution in [0.4, 0.5) is 0 Å². The van der Waals surface area contributed by atoms with Crippen molar-refractivity contribution in [2.24, 2.45) is 4.40 Å². The Kier molecular flexibility index (Phi) is 5.81. The second-order valence-electron chi connectivity index (χ2n) is 8.17. The van der Waals surface area contributed by atoms with Gasteiger partial charge in [0.05, 0.1) is 18.1 Å². The summed E-state index contributed by atoms with van der Waals surface area (Å²) in [6.07, 6.45) is 9.03. The van der Waals surface area contributed by atoms with Crippen LogP contribution >= 0.6 is 0 Å². The Labute approximate surface area is 177 Å². The minimum Gasteiger partial charge on any atom is -0.496 e. The van der Waals surface area contributed by atoms with Crippen LogP contribution in [0.1, 0.15) is 55.6 Å². The van der Waals surface area contributed by atoms with Crippen molar-refractivity contribution in [1.82, 2.24) is 9.88 Å². The van der Waals surface area contributed by atoms with Crippen molar-refractivity contribution in [3.8, 4) is 5.88 Å². The minimum absolute atomic E-state index is 0.0224. The highest BCUT2D eigenvalue weighted by molar-refractivity contribution is 7.89. The Hall–Kier alpha value is -2.42. The SMILES string of the molecule is Cc1ccnc2c1C1CCC(CC1)O/C=C1/C(=N/S(C)(=O)=O)CCCN1C(=O)CO2. The summed E-state index contributed by atoms with van der Waals surface area (Å²) in [5.41, 5.74) is 2.97. The molecule has 162 valence electrons. The molecule has 1 aromatic rings. The van der Waals surface area contributed by atoms with Crippen LogP contribution in [0.3, 0.4) is 0 Å². The van der Waals surface area contributed by atoms with Gasteiger partial charge in [-0.25, -0.2) is 13.4 Å². The van der Waals surface area contributed by atoms with Crippen LogP contribution in [0.2, 0.25) is 0 Å². The third kappa shape index (κ3) is 4.50. The zero-order chi connectivity index (χ0) is 21.3. The molecular formula is C21H27N3O5S. The number of pyridine rings is 1. The zero-order valence-corrected chi connectivity index (χ0v) is 18.2. The molecule has 0 aromatic carbocycles. The number of hydrogen-bond donors (Lipinski definition) is 0. The lowest BCUT2D eigenvalue weighted by Gasteiger charge is -2.31. The van der Waals surface area contributed by atoms with Gasteiger partial charge in [0.1, 0.15) is 12.0 Å². The van der Waals surface area contributed by atoms with E-state index in [9.17, 15) is 13.2 Å². The number of hydrogen-bond acceptors (Lipinski definition) is 6. The number of rotatable bonds is 1. The Bertz CT molecular complexity index is 994. The number of amides is 1. The molecule has 0 unspecified atom stereocenters. The number of nitrogens with zero attached hydrogens (tertiary/aromatic N) is 3. The molecule has 1 aliphatic carbocycles. The quantitative estimate of drug-likeness (QED) is 0.675. The van der Waals surface area contributed by atoms with Crippen molar-refractivity contribution in [3.63, 3.8) is 0 Å². The van der Waals surface area contributed by atoms with Crippen LogP contribution in [-0.4, -0.2) is 55.4 Å². The van der Waals surface area contributed by atoms with Gasteiger partial charge < -0.3 is 14.4 Å². The maximum absolute atomic E-state index is 13.0. The predicted molar refractivity (Wildman–Crippen MR) is 112 cm³/mol. The Balaban J connectivity index is 1.72. The van der Waals surface area contributed by atoms with E-state index in [-0.39, 0.29) is 18.6 Å². The van der Waals surface area contributed by atoms with Gasteiger partial charge >= 0.3 is 0 Å². The summed E-state index contributed by atoms with van der Waals surface area (Å²) in [5, 5.41) is 0. The molecule has 1 amide bonds. The second-order valence-corrected chi connectivity index (χ2v) is 9.82. The van der Waals surface area contributed by atoms with Crippen LogP contribution in [0, 0.1) is 6.92 Å². The average molecular weight is 434 g/mol. The molecule has 0 spiro atoms. The first-order valence-corrected chi connectivity index (χ1v) is 12.2. The molecule has 5 rings (SSSR count). The van der Waals surface area contributed by atoms with E-state index in [1.807, 2.05) is 13.0 Å². The lowest BCUT2D eigenvalue weighted by molar-refractivity contribution is -0.131. The second kappa shape index (κ2) is 8.37. The summed E-state index contributed by atoms with van der Waals surface area (Å²) in [5.74, 6) is 0.563. The molecule has 1 saturated heterocycles. The fraction of sp³-hybridized carbons (Fsp3) is 0.571. The van der Waals surface area contributed by atoms with Gasteiger partial charge in [-0.05, 0) is 63.0 Å². The fourth-order valence-electron chi connectivity index (χ4n) is 4.50. The highest BCUT2D eigenvalue weighted by Crippen LogP contribution is 2.39. The highest BCUT2D eigenvalue weighted by atomic mass is 32.2. The van der Waals surface area contributed by atoms with Gasteiger partial charge in [0.25, 0.3) is 15.9 Å². The summed E-state index contributed by atoms with van der Waals surface area (Å²) in [6.45, 7) is 2.33. The molecule has 3 aliphatic heterocycles. The van der Waals surface area contributed by atoms with Crippen LogP contribution in [0.15, 0.2) is 28.6 Å². The van der Waals surface area contributed by atoms with Crippen molar-refractivity contribution in [3.05, 3.63) is 35.3 Å². The summed E-state index contributed by atoms with van der Waals surface area (Å²) >= 11 is 0. The first-order chi connectivity index (χ1) is 14.3. The number of aromatic nitrogens is 1. The Morgan fingerprint density at radius 3 is 2.73 bits per heavy atom. The van der Waals surface area contributed by atoms with E-state index >= 15 is 0 Å². The van der Waals surface area contributed by atoms with Gasteiger partial charge in [-0.2, -0.15) is 4.40 Å². The monoisotopic (exact) mass is 433 g/mol. The molecule has 1 aromatic heterocycles. The van der Waals surface area contributed by atoms with Gasteiger partial charge in [-0.3, -0.25) is 4.79 Å². The van der Waals surface area contributed by atoms with E-state index in [1.54, 1.807) is 6.20 Å². The lowest BCUT2D eigenvalue weighted by atomic mass is 9.81. The molecule has 0 radical (unpaired) electrons. The van der Waals surface area contributed by atoms with Crippen LogP contribution in [0.5, 0.6) is 5.88 Å². The maximum atomic E-state index is 13.0. The number of fused-ring (bicyclic) bond motifs is 5. The van der Waals surface area contributed by atoms with E-state index < -0.39 is 10.0 Å². The fourth-order valence-corrected chi connectivity index (χ4v) is 5.09. The summed E-state index contributed by atoms with van der Waals surface area (Å²) in [6, 6.07) is 1.98. The van der Waals surface area contributed by atoms with E-state index in [1.165, 1.54) is 11.2 Å². The average Bonchev–Trinajstić information content (AvgIpc) is 2.71. The topological polar surface area (TPSA) is 98.2 Å². The van der Waals surface area contributed by atoms with Crippen molar-refractivity contribution in [2.75, 3.05) is 19.4 Å². The number of carbonyl (C=O) groups excluding carboxylic acids is 1. The summed E-state index contributed by atoms with van der Waals surface area (Å²) < 4.78 is 39.4. The first kappa shape index (κ1) is 20.8. The number of carbonyl (C=O) groups is 1.